The maximum Gasteiger partial charge on any atom is 0.254 e. The van der Waals surface area contributed by atoms with Crippen LogP contribution in [0.3, 0.4) is 0 Å². The quantitative estimate of drug-likeness (QED) is 0.784. The SMILES string of the molecule is CC(C)c1cc2[nH]c(=O)c3c(n2n1)CCCCC3. The van der Waals surface area contributed by atoms with Gasteiger partial charge in [-0.2, -0.15) is 5.10 Å². The van der Waals surface area contributed by atoms with Crippen molar-refractivity contribution in [1.82, 2.24) is 14.6 Å². The van der Waals surface area contributed by atoms with E-state index in [-0.39, 0.29) is 5.56 Å². The zero-order valence-electron chi connectivity index (χ0n) is 11.0. The summed E-state index contributed by atoms with van der Waals surface area (Å²) in [4.78, 5) is 15.1. The lowest BCUT2D eigenvalue weighted by Crippen LogP contribution is -2.19. The Morgan fingerprint density at radius 1 is 1.28 bits per heavy atom. The molecule has 1 aliphatic rings. The zero-order chi connectivity index (χ0) is 12.7. The van der Waals surface area contributed by atoms with E-state index in [4.69, 9.17) is 0 Å². The summed E-state index contributed by atoms with van der Waals surface area (Å²) in [5, 5.41) is 4.65. The lowest BCUT2D eigenvalue weighted by Gasteiger charge is -2.06. The minimum atomic E-state index is 0.0783. The molecule has 0 aromatic carbocycles. The molecule has 0 saturated heterocycles. The van der Waals surface area contributed by atoms with Gasteiger partial charge in [0.25, 0.3) is 5.56 Å². The van der Waals surface area contributed by atoms with E-state index in [1.807, 2.05) is 10.6 Å². The van der Waals surface area contributed by atoms with Crippen molar-refractivity contribution in [2.75, 3.05) is 0 Å². The third kappa shape index (κ3) is 1.76. The Morgan fingerprint density at radius 3 is 2.83 bits per heavy atom. The van der Waals surface area contributed by atoms with Gasteiger partial charge >= 0.3 is 0 Å². The Bertz CT molecular complexity index is 636. The maximum absolute atomic E-state index is 12.1. The first-order valence-electron chi connectivity index (χ1n) is 6.80. The number of aromatic nitrogens is 3. The summed E-state index contributed by atoms with van der Waals surface area (Å²) in [6.45, 7) is 4.25. The maximum atomic E-state index is 12.1. The second kappa shape index (κ2) is 4.26. The van der Waals surface area contributed by atoms with Gasteiger partial charge in [0, 0.05) is 11.6 Å². The number of H-pyrrole nitrogens is 1. The minimum absolute atomic E-state index is 0.0783. The van der Waals surface area contributed by atoms with Gasteiger partial charge in [-0.25, -0.2) is 4.52 Å². The van der Waals surface area contributed by atoms with Crippen LogP contribution >= 0.6 is 0 Å². The van der Waals surface area contributed by atoms with Crippen molar-refractivity contribution >= 4 is 5.65 Å². The zero-order valence-corrected chi connectivity index (χ0v) is 11.0. The molecule has 0 unspecified atom stereocenters. The van der Waals surface area contributed by atoms with Crippen molar-refractivity contribution in [3.05, 3.63) is 33.4 Å². The fourth-order valence-corrected chi connectivity index (χ4v) is 2.71. The fraction of sp³-hybridized carbons (Fsp3) is 0.571. The van der Waals surface area contributed by atoms with Gasteiger partial charge in [-0.05, 0) is 31.6 Å². The molecule has 0 spiro atoms. The van der Waals surface area contributed by atoms with E-state index < -0.39 is 0 Å². The van der Waals surface area contributed by atoms with E-state index >= 15 is 0 Å². The summed E-state index contributed by atoms with van der Waals surface area (Å²) in [7, 11) is 0. The first-order chi connectivity index (χ1) is 8.66. The van der Waals surface area contributed by atoms with E-state index in [0.717, 1.165) is 48.3 Å². The van der Waals surface area contributed by atoms with E-state index in [9.17, 15) is 4.79 Å². The van der Waals surface area contributed by atoms with Crippen LogP contribution in [-0.4, -0.2) is 14.6 Å². The van der Waals surface area contributed by atoms with Gasteiger partial charge in [-0.3, -0.25) is 4.79 Å². The number of hydrogen-bond donors (Lipinski definition) is 1. The molecule has 2 aromatic heterocycles. The van der Waals surface area contributed by atoms with E-state index in [1.54, 1.807) is 0 Å². The highest BCUT2D eigenvalue weighted by molar-refractivity contribution is 5.43. The number of aromatic amines is 1. The number of nitrogens with zero attached hydrogens (tertiary/aromatic N) is 2. The van der Waals surface area contributed by atoms with Crippen LogP contribution in [-0.2, 0) is 12.8 Å². The molecule has 2 aromatic rings. The van der Waals surface area contributed by atoms with E-state index in [2.05, 4.69) is 23.9 Å². The molecule has 0 aliphatic heterocycles. The molecular formula is C14H19N3O. The van der Waals surface area contributed by atoms with Crippen LogP contribution < -0.4 is 5.56 Å². The van der Waals surface area contributed by atoms with Gasteiger partial charge in [0.2, 0.25) is 0 Å². The standard InChI is InChI=1S/C14H19N3O/c1-9(2)11-8-13-15-14(18)10-6-4-3-5-7-12(10)17(13)16-11/h8-9H,3-7H2,1-2H3,(H,15,18). The molecule has 4 nitrogen and oxygen atoms in total. The number of fused-ring (bicyclic) bond motifs is 3. The first kappa shape index (κ1) is 11.5. The average molecular weight is 245 g/mol. The summed E-state index contributed by atoms with van der Waals surface area (Å²) < 4.78 is 1.96. The Kier molecular flexibility index (Phi) is 2.73. The highest BCUT2D eigenvalue weighted by Crippen LogP contribution is 2.20. The van der Waals surface area contributed by atoms with Crippen LogP contribution in [0.2, 0.25) is 0 Å². The van der Waals surface area contributed by atoms with E-state index in [1.165, 1.54) is 6.42 Å². The van der Waals surface area contributed by atoms with Crippen LogP contribution in [0, 0.1) is 0 Å². The van der Waals surface area contributed by atoms with Crippen molar-refractivity contribution < 1.29 is 0 Å². The van der Waals surface area contributed by atoms with Crippen molar-refractivity contribution in [2.24, 2.45) is 0 Å². The van der Waals surface area contributed by atoms with Gasteiger partial charge in [-0.15, -0.1) is 0 Å². The molecule has 0 amide bonds. The van der Waals surface area contributed by atoms with E-state index in [0.29, 0.717) is 5.92 Å². The molecule has 4 heteroatoms. The Balaban J connectivity index is 2.28. The molecule has 0 atom stereocenters. The largest absolute Gasteiger partial charge is 0.307 e. The highest BCUT2D eigenvalue weighted by atomic mass is 16.1. The van der Waals surface area contributed by atoms with Crippen LogP contribution in [0.5, 0.6) is 0 Å². The number of aryl methyl sites for hydroxylation is 1. The molecule has 18 heavy (non-hydrogen) atoms. The predicted molar refractivity (Wildman–Crippen MR) is 71.2 cm³/mol. The highest BCUT2D eigenvalue weighted by Gasteiger charge is 2.17. The van der Waals surface area contributed by atoms with Crippen LogP contribution in [0.15, 0.2) is 10.9 Å². The monoisotopic (exact) mass is 245 g/mol. The lowest BCUT2D eigenvalue weighted by atomic mass is 10.1. The summed E-state index contributed by atoms with van der Waals surface area (Å²) in [5.74, 6) is 0.384. The van der Waals surface area contributed by atoms with Gasteiger partial charge < -0.3 is 4.98 Å². The molecule has 1 N–H and O–H groups in total. The van der Waals surface area contributed by atoms with Crippen molar-refractivity contribution in [1.29, 1.82) is 0 Å². The molecule has 96 valence electrons. The van der Waals surface area contributed by atoms with Crippen LogP contribution in [0.25, 0.3) is 5.65 Å². The van der Waals surface area contributed by atoms with Gasteiger partial charge in [0.15, 0.2) is 0 Å². The van der Waals surface area contributed by atoms with Gasteiger partial charge in [0.1, 0.15) is 5.65 Å². The molecule has 3 rings (SSSR count). The number of rotatable bonds is 1. The minimum Gasteiger partial charge on any atom is -0.307 e. The molecule has 1 aliphatic carbocycles. The molecule has 0 saturated carbocycles. The summed E-state index contributed by atoms with van der Waals surface area (Å²) in [6, 6.07) is 2.00. The summed E-state index contributed by atoms with van der Waals surface area (Å²) in [5.41, 5.74) is 4.03. The van der Waals surface area contributed by atoms with Crippen molar-refractivity contribution in [3.8, 4) is 0 Å². The molecule has 0 fully saturated rings. The van der Waals surface area contributed by atoms with Crippen molar-refractivity contribution in [2.45, 2.75) is 51.9 Å². The Hall–Kier alpha value is -1.58. The van der Waals surface area contributed by atoms with Gasteiger partial charge in [0.05, 0.1) is 11.4 Å². The predicted octanol–water partition coefficient (Wildman–Crippen LogP) is 2.41. The number of nitrogens with one attached hydrogen (secondary N) is 1. The lowest BCUT2D eigenvalue weighted by molar-refractivity contribution is 0.697. The molecule has 2 heterocycles. The average Bonchev–Trinajstić information content (AvgIpc) is 2.59. The Morgan fingerprint density at radius 2 is 2.06 bits per heavy atom. The second-order valence-electron chi connectivity index (χ2n) is 5.46. The normalized spacial score (nSPS) is 15.9. The third-order valence-electron chi connectivity index (χ3n) is 3.78. The molecule has 0 bridgehead atoms. The second-order valence-corrected chi connectivity index (χ2v) is 5.46. The smallest absolute Gasteiger partial charge is 0.254 e. The Labute approximate surface area is 106 Å². The summed E-state index contributed by atoms with van der Waals surface area (Å²) in [6.07, 6.45) is 5.32. The number of hydrogen-bond acceptors (Lipinski definition) is 2. The third-order valence-corrected chi connectivity index (χ3v) is 3.78. The molecular weight excluding hydrogens is 226 g/mol. The fourth-order valence-electron chi connectivity index (χ4n) is 2.71. The van der Waals surface area contributed by atoms with Crippen molar-refractivity contribution in [3.63, 3.8) is 0 Å². The van der Waals surface area contributed by atoms with Gasteiger partial charge in [-0.1, -0.05) is 20.3 Å². The summed E-state index contributed by atoms with van der Waals surface area (Å²) >= 11 is 0. The first-order valence-corrected chi connectivity index (χ1v) is 6.80. The topological polar surface area (TPSA) is 50.2 Å². The molecule has 0 radical (unpaired) electrons. The van der Waals surface area contributed by atoms with Crippen LogP contribution in [0.1, 0.15) is 56.0 Å². The van der Waals surface area contributed by atoms with Crippen LogP contribution in [0.4, 0.5) is 0 Å².